The highest BCUT2D eigenvalue weighted by Gasteiger charge is 2.35. The average molecular weight is 224 g/mol. The largest absolute Gasteiger partial charge is 0.315 e. The fourth-order valence-corrected chi connectivity index (χ4v) is 3.27. The van der Waals surface area contributed by atoms with Gasteiger partial charge in [-0.05, 0) is 43.6 Å². The van der Waals surface area contributed by atoms with Gasteiger partial charge in [0.25, 0.3) is 0 Å². The van der Waals surface area contributed by atoms with Gasteiger partial charge in [-0.3, -0.25) is 0 Å². The lowest BCUT2D eigenvalue weighted by molar-refractivity contribution is 0.308. The fourth-order valence-electron chi connectivity index (χ4n) is 3.27. The van der Waals surface area contributed by atoms with E-state index in [1.54, 1.807) is 0 Å². The Bertz CT molecular complexity index is 191. The van der Waals surface area contributed by atoms with E-state index in [9.17, 15) is 0 Å². The molecule has 1 N–H and O–H groups in total. The molecule has 0 aromatic heterocycles. The van der Waals surface area contributed by atoms with Crippen LogP contribution >= 0.6 is 0 Å². The standard InChI is InChI=1S/C14H28N2/c1-12(2)6-7-15-8-9-16-10-13-4-3-5-14(13)11-16/h12-15H,3-11H2,1-2H3. The molecule has 1 heterocycles. The van der Waals surface area contributed by atoms with Gasteiger partial charge in [0.15, 0.2) is 0 Å². The van der Waals surface area contributed by atoms with Crippen LogP contribution in [0.5, 0.6) is 0 Å². The van der Waals surface area contributed by atoms with Crippen LogP contribution in [0.2, 0.25) is 0 Å². The molecule has 2 heteroatoms. The smallest absolute Gasteiger partial charge is 0.0107 e. The summed E-state index contributed by atoms with van der Waals surface area (Å²) >= 11 is 0. The predicted molar refractivity (Wildman–Crippen MR) is 69.6 cm³/mol. The number of hydrogen-bond donors (Lipinski definition) is 1. The minimum absolute atomic E-state index is 0.832. The van der Waals surface area contributed by atoms with Gasteiger partial charge in [-0.2, -0.15) is 0 Å². The Morgan fingerprint density at radius 1 is 1.12 bits per heavy atom. The van der Waals surface area contributed by atoms with E-state index in [1.165, 1.54) is 58.4 Å². The summed E-state index contributed by atoms with van der Waals surface area (Å²) in [6, 6.07) is 0. The Kier molecular flexibility index (Phi) is 4.66. The highest BCUT2D eigenvalue weighted by Crippen LogP contribution is 2.37. The third kappa shape index (κ3) is 3.46. The zero-order chi connectivity index (χ0) is 11.4. The van der Waals surface area contributed by atoms with Gasteiger partial charge in [0.1, 0.15) is 0 Å². The summed E-state index contributed by atoms with van der Waals surface area (Å²) < 4.78 is 0. The molecule has 1 saturated carbocycles. The minimum Gasteiger partial charge on any atom is -0.315 e. The number of likely N-dealkylation sites (tertiary alicyclic amines) is 1. The molecule has 0 aromatic rings. The van der Waals surface area contributed by atoms with Crippen LogP contribution in [0.15, 0.2) is 0 Å². The van der Waals surface area contributed by atoms with E-state index in [2.05, 4.69) is 24.1 Å². The molecule has 16 heavy (non-hydrogen) atoms. The van der Waals surface area contributed by atoms with E-state index >= 15 is 0 Å². The highest BCUT2D eigenvalue weighted by atomic mass is 15.2. The molecule has 0 amide bonds. The van der Waals surface area contributed by atoms with E-state index < -0.39 is 0 Å². The molecule has 94 valence electrons. The molecule has 1 saturated heterocycles. The van der Waals surface area contributed by atoms with Crippen LogP contribution < -0.4 is 5.32 Å². The fraction of sp³-hybridized carbons (Fsp3) is 1.00. The zero-order valence-corrected chi connectivity index (χ0v) is 11.0. The predicted octanol–water partition coefficient (Wildman–Crippen LogP) is 2.35. The van der Waals surface area contributed by atoms with Crippen LogP contribution in [0.4, 0.5) is 0 Å². The Balaban J connectivity index is 1.51. The van der Waals surface area contributed by atoms with E-state index in [0.717, 1.165) is 17.8 Å². The summed E-state index contributed by atoms with van der Waals surface area (Å²) in [6.07, 6.45) is 5.81. The third-order valence-corrected chi connectivity index (χ3v) is 4.31. The van der Waals surface area contributed by atoms with Crippen molar-refractivity contribution < 1.29 is 0 Å². The van der Waals surface area contributed by atoms with E-state index in [-0.39, 0.29) is 0 Å². The number of hydrogen-bond acceptors (Lipinski definition) is 2. The topological polar surface area (TPSA) is 15.3 Å². The first-order chi connectivity index (χ1) is 7.75. The summed E-state index contributed by atoms with van der Waals surface area (Å²) in [5.41, 5.74) is 0. The van der Waals surface area contributed by atoms with Gasteiger partial charge in [0.05, 0.1) is 0 Å². The lowest BCUT2D eigenvalue weighted by atomic mass is 10.0. The molecule has 0 spiro atoms. The molecule has 2 aliphatic rings. The Morgan fingerprint density at radius 3 is 2.44 bits per heavy atom. The van der Waals surface area contributed by atoms with Crippen LogP contribution in [0, 0.1) is 17.8 Å². The molecule has 2 rings (SSSR count). The van der Waals surface area contributed by atoms with Gasteiger partial charge in [-0.15, -0.1) is 0 Å². The number of rotatable bonds is 6. The van der Waals surface area contributed by atoms with Crippen LogP contribution in [0.1, 0.15) is 39.5 Å². The molecule has 2 unspecified atom stereocenters. The van der Waals surface area contributed by atoms with Crippen molar-refractivity contribution in [1.29, 1.82) is 0 Å². The summed E-state index contributed by atoms with van der Waals surface area (Å²) in [4.78, 5) is 2.68. The van der Waals surface area contributed by atoms with Crippen molar-refractivity contribution in [3.8, 4) is 0 Å². The summed E-state index contributed by atoms with van der Waals surface area (Å²) in [5, 5.41) is 3.57. The van der Waals surface area contributed by atoms with Crippen molar-refractivity contribution in [2.24, 2.45) is 17.8 Å². The van der Waals surface area contributed by atoms with Gasteiger partial charge >= 0.3 is 0 Å². The van der Waals surface area contributed by atoms with Crippen LogP contribution in [0.25, 0.3) is 0 Å². The zero-order valence-electron chi connectivity index (χ0n) is 11.0. The molecular formula is C14H28N2. The van der Waals surface area contributed by atoms with Crippen molar-refractivity contribution in [3.63, 3.8) is 0 Å². The van der Waals surface area contributed by atoms with Crippen LogP contribution in [-0.2, 0) is 0 Å². The van der Waals surface area contributed by atoms with E-state index in [1.807, 2.05) is 0 Å². The molecule has 2 atom stereocenters. The molecule has 2 nitrogen and oxygen atoms in total. The van der Waals surface area contributed by atoms with E-state index in [0.29, 0.717) is 0 Å². The SMILES string of the molecule is CC(C)CCNCCN1CC2CCCC2C1. The van der Waals surface area contributed by atoms with Crippen LogP contribution in [0.3, 0.4) is 0 Å². The Labute approximate surface area is 101 Å². The summed E-state index contributed by atoms with van der Waals surface area (Å²) in [6.45, 7) is 11.0. The van der Waals surface area contributed by atoms with Gasteiger partial charge in [-0.1, -0.05) is 20.3 Å². The molecular weight excluding hydrogens is 196 g/mol. The molecule has 0 aromatic carbocycles. The monoisotopic (exact) mass is 224 g/mol. The first kappa shape index (κ1) is 12.4. The third-order valence-electron chi connectivity index (χ3n) is 4.31. The number of fused-ring (bicyclic) bond motifs is 1. The molecule has 0 bridgehead atoms. The van der Waals surface area contributed by atoms with Crippen molar-refractivity contribution in [3.05, 3.63) is 0 Å². The second-order valence-corrected chi connectivity index (χ2v) is 6.14. The highest BCUT2D eigenvalue weighted by molar-refractivity contribution is 4.88. The van der Waals surface area contributed by atoms with Crippen LogP contribution in [-0.4, -0.2) is 37.6 Å². The van der Waals surface area contributed by atoms with Crippen molar-refractivity contribution in [2.75, 3.05) is 32.7 Å². The maximum Gasteiger partial charge on any atom is 0.0107 e. The Hall–Kier alpha value is -0.0800. The van der Waals surface area contributed by atoms with Gasteiger partial charge < -0.3 is 10.2 Å². The molecule has 0 radical (unpaired) electrons. The lowest BCUT2D eigenvalue weighted by Gasteiger charge is -2.17. The van der Waals surface area contributed by atoms with Crippen molar-refractivity contribution in [1.82, 2.24) is 10.2 Å². The summed E-state index contributed by atoms with van der Waals surface area (Å²) in [7, 11) is 0. The average Bonchev–Trinajstić information content (AvgIpc) is 2.76. The molecule has 1 aliphatic carbocycles. The normalized spacial score (nSPS) is 30.2. The van der Waals surface area contributed by atoms with Crippen molar-refractivity contribution >= 4 is 0 Å². The first-order valence-electron chi connectivity index (χ1n) is 7.19. The van der Waals surface area contributed by atoms with Crippen molar-refractivity contribution in [2.45, 2.75) is 39.5 Å². The summed E-state index contributed by atoms with van der Waals surface area (Å²) in [5.74, 6) is 2.94. The number of nitrogens with zero attached hydrogens (tertiary/aromatic N) is 1. The first-order valence-corrected chi connectivity index (χ1v) is 7.19. The van der Waals surface area contributed by atoms with Gasteiger partial charge in [0.2, 0.25) is 0 Å². The lowest BCUT2D eigenvalue weighted by Crippen LogP contribution is -2.31. The maximum absolute atomic E-state index is 3.57. The maximum atomic E-state index is 3.57. The quantitative estimate of drug-likeness (QED) is 0.697. The van der Waals surface area contributed by atoms with Gasteiger partial charge in [0, 0.05) is 26.2 Å². The Morgan fingerprint density at radius 2 is 1.81 bits per heavy atom. The molecule has 2 fully saturated rings. The minimum atomic E-state index is 0.832. The number of nitrogens with one attached hydrogen (secondary N) is 1. The molecule has 1 aliphatic heterocycles. The van der Waals surface area contributed by atoms with Gasteiger partial charge in [-0.25, -0.2) is 0 Å². The second-order valence-electron chi connectivity index (χ2n) is 6.14. The second kappa shape index (κ2) is 6.02. The van der Waals surface area contributed by atoms with E-state index in [4.69, 9.17) is 0 Å².